The van der Waals surface area contributed by atoms with Gasteiger partial charge in [-0.05, 0) is 0 Å². The van der Waals surface area contributed by atoms with Crippen molar-refractivity contribution in [2.24, 2.45) is 5.73 Å². The Morgan fingerprint density at radius 2 is 2.33 bits per heavy atom. The first kappa shape index (κ1) is 9.03. The van der Waals surface area contributed by atoms with Gasteiger partial charge in [0.15, 0.2) is 0 Å². The lowest BCUT2D eigenvalue weighted by Crippen LogP contribution is -2.30. The summed E-state index contributed by atoms with van der Waals surface area (Å²) in [7, 11) is 0. The molecular weight excluding hydrogens is 140 g/mol. The largest absolute Gasteiger partial charge is 0.329 e. The fourth-order valence-corrected chi connectivity index (χ4v) is 0.973. The Morgan fingerprint density at radius 1 is 1.78 bits per heavy atom. The molecule has 0 aliphatic heterocycles. The van der Waals surface area contributed by atoms with Crippen LogP contribution in [0, 0.1) is 0 Å². The molecular formula is C4H12N2O2S. The Morgan fingerprint density at radius 3 is 2.44 bits per heavy atom. The number of likely N-dealkylation sites (N-methyl/N-ethyl adjacent to an activating group) is 1. The van der Waals surface area contributed by atoms with Gasteiger partial charge in [-0.25, -0.2) is 8.51 Å². The number of rotatable bonds is 4. The highest BCUT2D eigenvalue weighted by Crippen LogP contribution is 1.87. The van der Waals surface area contributed by atoms with Gasteiger partial charge in [-0.2, -0.15) is 0 Å². The maximum atomic E-state index is 10.3. The summed E-state index contributed by atoms with van der Waals surface area (Å²) < 4.78 is 20.2. The van der Waals surface area contributed by atoms with Gasteiger partial charge in [0, 0.05) is 19.6 Å². The van der Waals surface area contributed by atoms with E-state index in [0.717, 1.165) is 0 Å². The van der Waals surface area contributed by atoms with E-state index in [2.05, 4.69) is 0 Å². The van der Waals surface area contributed by atoms with E-state index < -0.39 is 11.3 Å². The molecule has 0 aliphatic rings. The second kappa shape index (κ2) is 4.87. The number of hydrogen-bond acceptors (Lipinski definition) is 2. The number of nitrogens with zero attached hydrogens (tertiary/aromatic N) is 1. The SMILES string of the molecule is CCN(CCN)S(=O)O. The summed E-state index contributed by atoms with van der Waals surface area (Å²) in [5, 5.41) is 0. The zero-order valence-corrected chi connectivity index (χ0v) is 6.23. The molecule has 0 bridgehead atoms. The van der Waals surface area contributed by atoms with Crippen molar-refractivity contribution in [1.82, 2.24) is 4.31 Å². The summed E-state index contributed by atoms with van der Waals surface area (Å²) in [6.45, 7) is 3.25. The molecule has 1 atom stereocenters. The van der Waals surface area contributed by atoms with Crippen molar-refractivity contribution >= 4 is 11.3 Å². The first-order valence-electron chi connectivity index (χ1n) is 2.78. The van der Waals surface area contributed by atoms with Gasteiger partial charge in [-0.15, -0.1) is 0 Å². The van der Waals surface area contributed by atoms with Gasteiger partial charge in [-0.3, -0.25) is 4.55 Å². The van der Waals surface area contributed by atoms with Crippen molar-refractivity contribution in [3.63, 3.8) is 0 Å². The van der Waals surface area contributed by atoms with Crippen LogP contribution in [0.15, 0.2) is 0 Å². The molecule has 0 aromatic rings. The average molecular weight is 152 g/mol. The van der Waals surface area contributed by atoms with E-state index in [1.54, 1.807) is 0 Å². The van der Waals surface area contributed by atoms with E-state index in [1.165, 1.54) is 4.31 Å². The molecule has 1 unspecified atom stereocenters. The third kappa shape index (κ3) is 3.58. The second-order valence-electron chi connectivity index (χ2n) is 1.54. The van der Waals surface area contributed by atoms with Crippen LogP contribution < -0.4 is 5.73 Å². The molecule has 0 spiro atoms. The van der Waals surface area contributed by atoms with E-state index in [0.29, 0.717) is 19.6 Å². The molecule has 0 heterocycles. The fraction of sp³-hybridized carbons (Fsp3) is 1.00. The highest BCUT2D eigenvalue weighted by atomic mass is 32.2. The summed E-state index contributed by atoms with van der Waals surface area (Å²) in [5.41, 5.74) is 5.16. The monoisotopic (exact) mass is 152 g/mol. The summed E-state index contributed by atoms with van der Waals surface area (Å²) in [5.74, 6) is 0. The second-order valence-corrected chi connectivity index (χ2v) is 2.52. The van der Waals surface area contributed by atoms with Crippen LogP contribution in [0.4, 0.5) is 0 Å². The van der Waals surface area contributed by atoms with E-state index in [1.807, 2.05) is 6.92 Å². The molecule has 5 heteroatoms. The van der Waals surface area contributed by atoms with Gasteiger partial charge in [0.1, 0.15) is 0 Å². The molecule has 0 aromatic heterocycles. The van der Waals surface area contributed by atoms with Crippen LogP contribution in [0.2, 0.25) is 0 Å². The highest BCUT2D eigenvalue weighted by molar-refractivity contribution is 7.76. The molecule has 0 saturated heterocycles. The van der Waals surface area contributed by atoms with E-state index >= 15 is 0 Å². The minimum Gasteiger partial charge on any atom is -0.329 e. The zero-order valence-electron chi connectivity index (χ0n) is 5.41. The Labute approximate surface area is 57.4 Å². The van der Waals surface area contributed by atoms with Crippen molar-refractivity contribution in [2.75, 3.05) is 19.6 Å². The maximum Gasteiger partial charge on any atom is 0.234 e. The number of nitrogens with two attached hydrogens (primary N) is 1. The number of hydrogen-bond donors (Lipinski definition) is 2. The third-order valence-corrected chi connectivity index (χ3v) is 1.83. The summed E-state index contributed by atoms with van der Waals surface area (Å²) in [4.78, 5) is 0. The summed E-state index contributed by atoms with van der Waals surface area (Å²) in [6.07, 6.45) is 0. The molecule has 0 saturated carbocycles. The lowest BCUT2D eigenvalue weighted by Gasteiger charge is -2.12. The van der Waals surface area contributed by atoms with Crippen LogP contribution in [-0.4, -0.2) is 32.7 Å². The van der Waals surface area contributed by atoms with Crippen LogP contribution in [-0.2, 0) is 11.3 Å². The Hall–Kier alpha value is 0.0300. The fourth-order valence-electron chi connectivity index (χ4n) is 0.491. The molecule has 0 aromatic carbocycles. The normalized spacial score (nSPS) is 14.2. The van der Waals surface area contributed by atoms with Gasteiger partial charge < -0.3 is 5.73 Å². The predicted molar refractivity (Wildman–Crippen MR) is 37.1 cm³/mol. The van der Waals surface area contributed by atoms with Crippen LogP contribution in [0.25, 0.3) is 0 Å². The topological polar surface area (TPSA) is 66.6 Å². The quantitative estimate of drug-likeness (QED) is 0.529. The van der Waals surface area contributed by atoms with Gasteiger partial charge in [-0.1, -0.05) is 6.92 Å². The van der Waals surface area contributed by atoms with Crippen LogP contribution >= 0.6 is 0 Å². The lowest BCUT2D eigenvalue weighted by molar-refractivity contribution is 0.418. The molecule has 4 nitrogen and oxygen atoms in total. The van der Waals surface area contributed by atoms with Gasteiger partial charge >= 0.3 is 0 Å². The average Bonchev–Trinajstić information content (AvgIpc) is 1.82. The smallest absolute Gasteiger partial charge is 0.234 e. The van der Waals surface area contributed by atoms with Crippen LogP contribution in [0.1, 0.15) is 6.92 Å². The third-order valence-electron chi connectivity index (χ3n) is 0.952. The molecule has 0 fully saturated rings. The van der Waals surface area contributed by atoms with Crippen LogP contribution in [0.3, 0.4) is 0 Å². The van der Waals surface area contributed by atoms with Crippen molar-refractivity contribution in [3.05, 3.63) is 0 Å². The van der Waals surface area contributed by atoms with E-state index in [4.69, 9.17) is 10.3 Å². The molecule has 0 amide bonds. The maximum absolute atomic E-state index is 10.3. The van der Waals surface area contributed by atoms with Crippen LogP contribution in [0.5, 0.6) is 0 Å². The van der Waals surface area contributed by atoms with Crippen molar-refractivity contribution in [2.45, 2.75) is 6.92 Å². The molecule has 56 valence electrons. The van der Waals surface area contributed by atoms with Gasteiger partial charge in [0.05, 0.1) is 0 Å². The first-order valence-corrected chi connectivity index (χ1v) is 3.84. The standard InChI is InChI=1S/C4H12N2O2S/c1-2-6(4-3-5)9(7)8/h2-5H2,1H3,(H,7,8). The lowest BCUT2D eigenvalue weighted by atomic mass is 10.6. The van der Waals surface area contributed by atoms with Crippen molar-refractivity contribution < 1.29 is 8.76 Å². The van der Waals surface area contributed by atoms with Gasteiger partial charge in [0.25, 0.3) is 0 Å². The minimum atomic E-state index is -1.85. The highest BCUT2D eigenvalue weighted by Gasteiger charge is 2.04. The molecule has 0 aliphatic carbocycles. The van der Waals surface area contributed by atoms with Gasteiger partial charge in [0.2, 0.25) is 11.3 Å². The Bertz CT molecular complexity index is 98.6. The molecule has 0 rings (SSSR count). The zero-order chi connectivity index (χ0) is 7.28. The van der Waals surface area contributed by atoms with E-state index in [-0.39, 0.29) is 0 Å². The summed E-state index contributed by atoms with van der Waals surface area (Å²) >= 11 is -1.85. The molecule has 3 N–H and O–H groups in total. The Kier molecular flexibility index (Phi) is 4.88. The van der Waals surface area contributed by atoms with Crippen molar-refractivity contribution in [3.8, 4) is 0 Å². The summed E-state index contributed by atoms with van der Waals surface area (Å²) in [6, 6.07) is 0. The molecule has 0 radical (unpaired) electrons. The predicted octanol–water partition coefficient (Wildman–Crippen LogP) is -0.596. The Balaban J connectivity index is 3.54. The van der Waals surface area contributed by atoms with E-state index in [9.17, 15) is 4.21 Å². The van der Waals surface area contributed by atoms with Crippen molar-refractivity contribution in [1.29, 1.82) is 0 Å². The molecule has 9 heavy (non-hydrogen) atoms. The first-order chi connectivity index (χ1) is 4.22. The minimum absolute atomic E-state index is 0.417.